The number of primary sulfonamides is 1. The van der Waals surface area contributed by atoms with Crippen molar-refractivity contribution in [2.75, 3.05) is 13.2 Å². The fourth-order valence-electron chi connectivity index (χ4n) is 1.27. The molecule has 1 atom stereocenters. The molecule has 0 radical (unpaired) electrons. The highest BCUT2D eigenvalue weighted by Crippen LogP contribution is 2.25. The Kier molecular flexibility index (Phi) is 5.27. The number of rotatable bonds is 6. The standard InChI is InChI=1S/C10H16N2O4S2/c1-3-16-6-9(13)12-7(2)8-4-5-10(17-8)18(11,14)15/h4-5,7H,3,6H2,1-2H3,(H,12,13)(H2,11,14,15). The van der Waals surface area contributed by atoms with E-state index >= 15 is 0 Å². The van der Waals surface area contributed by atoms with Gasteiger partial charge in [0, 0.05) is 11.5 Å². The molecule has 0 aliphatic carbocycles. The molecule has 8 heteroatoms. The van der Waals surface area contributed by atoms with Crippen molar-refractivity contribution in [3.05, 3.63) is 17.0 Å². The monoisotopic (exact) mass is 292 g/mol. The van der Waals surface area contributed by atoms with Crippen molar-refractivity contribution in [1.29, 1.82) is 0 Å². The fourth-order valence-corrected chi connectivity index (χ4v) is 3.02. The van der Waals surface area contributed by atoms with E-state index in [0.717, 1.165) is 16.2 Å². The van der Waals surface area contributed by atoms with Gasteiger partial charge in [0.05, 0.1) is 6.04 Å². The maximum Gasteiger partial charge on any atom is 0.247 e. The minimum atomic E-state index is -3.68. The van der Waals surface area contributed by atoms with E-state index in [-0.39, 0.29) is 22.8 Å². The van der Waals surface area contributed by atoms with Crippen LogP contribution < -0.4 is 10.5 Å². The zero-order valence-electron chi connectivity index (χ0n) is 10.2. The Balaban J connectivity index is 2.65. The highest BCUT2D eigenvalue weighted by Gasteiger charge is 2.16. The topological polar surface area (TPSA) is 98.5 Å². The van der Waals surface area contributed by atoms with E-state index in [1.165, 1.54) is 6.07 Å². The van der Waals surface area contributed by atoms with Crippen molar-refractivity contribution in [3.63, 3.8) is 0 Å². The molecule has 0 fully saturated rings. The smallest absolute Gasteiger partial charge is 0.247 e. The second-order valence-electron chi connectivity index (χ2n) is 3.63. The van der Waals surface area contributed by atoms with Crippen molar-refractivity contribution in [2.24, 2.45) is 5.14 Å². The van der Waals surface area contributed by atoms with Crippen LogP contribution in [0.25, 0.3) is 0 Å². The predicted molar refractivity (Wildman–Crippen MR) is 68.7 cm³/mol. The van der Waals surface area contributed by atoms with Crippen LogP contribution in [0.4, 0.5) is 0 Å². The molecule has 6 nitrogen and oxygen atoms in total. The minimum absolute atomic E-state index is 0.00569. The third-order valence-corrected chi connectivity index (χ3v) is 4.83. The summed E-state index contributed by atoms with van der Waals surface area (Å²) in [6.45, 7) is 4.03. The van der Waals surface area contributed by atoms with Crippen LogP contribution in [-0.4, -0.2) is 27.5 Å². The van der Waals surface area contributed by atoms with E-state index < -0.39 is 10.0 Å². The Bertz CT molecular complexity index is 510. The van der Waals surface area contributed by atoms with Gasteiger partial charge >= 0.3 is 0 Å². The second kappa shape index (κ2) is 6.28. The largest absolute Gasteiger partial charge is 0.372 e. The number of thiophene rings is 1. The molecule has 1 rings (SSSR count). The third kappa shape index (κ3) is 4.37. The second-order valence-corrected chi connectivity index (χ2v) is 6.53. The molecule has 0 saturated heterocycles. The molecule has 0 aliphatic heterocycles. The van der Waals surface area contributed by atoms with Gasteiger partial charge in [-0.15, -0.1) is 11.3 Å². The highest BCUT2D eigenvalue weighted by atomic mass is 32.2. The first-order valence-electron chi connectivity index (χ1n) is 5.34. The molecule has 18 heavy (non-hydrogen) atoms. The SMILES string of the molecule is CCOCC(=O)NC(C)c1ccc(S(N)(=O)=O)s1. The van der Waals surface area contributed by atoms with Crippen LogP contribution in [0.5, 0.6) is 0 Å². The molecule has 102 valence electrons. The van der Waals surface area contributed by atoms with E-state index in [0.29, 0.717) is 6.61 Å². The van der Waals surface area contributed by atoms with E-state index in [4.69, 9.17) is 9.88 Å². The zero-order chi connectivity index (χ0) is 13.8. The number of nitrogens with one attached hydrogen (secondary N) is 1. The van der Waals surface area contributed by atoms with Gasteiger partial charge in [-0.2, -0.15) is 0 Å². The minimum Gasteiger partial charge on any atom is -0.372 e. The van der Waals surface area contributed by atoms with E-state index in [9.17, 15) is 13.2 Å². The average molecular weight is 292 g/mol. The van der Waals surface area contributed by atoms with Crippen LogP contribution in [0.2, 0.25) is 0 Å². The summed E-state index contributed by atoms with van der Waals surface area (Å²) in [5.41, 5.74) is 0. The molecule has 1 heterocycles. The van der Waals surface area contributed by atoms with Gasteiger partial charge in [0.25, 0.3) is 0 Å². The molecule has 0 aromatic carbocycles. The van der Waals surface area contributed by atoms with Crippen LogP contribution in [-0.2, 0) is 19.6 Å². The molecule has 1 unspecified atom stereocenters. The number of ether oxygens (including phenoxy) is 1. The first-order chi connectivity index (χ1) is 8.34. The molecule has 0 saturated carbocycles. The first-order valence-corrected chi connectivity index (χ1v) is 7.70. The summed E-state index contributed by atoms with van der Waals surface area (Å²) >= 11 is 1.05. The van der Waals surface area contributed by atoms with Crippen LogP contribution in [0.15, 0.2) is 16.3 Å². The number of hydrogen-bond acceptors (Lipinski definition) is 5. The van der Waals surface area contributed by atoms with Gasteiger partial charge in [0.1, 0.15) is 10.8 Å². The average Bonchev–Trinajstić information content (AvgIpc) is 2.75. The molecule has 0 spiro atoms. The summed E-state index contributed by atoms with van der Waals surface area (Å²) in [7, 11) is -3.68. The number of amides is 1. The van der Waals surface area contributed by atoms with Crippen LogP contribution in [0.3, 0.4) is 0 Å². The van der Waals surface area contributed by atoms with Gasteiger partial charge in [0.15, 0.2) is 0 Å². The molecule has 0 bridgehead atoms. The van der Waals surface area contributed by atoms with Gasteiger partial charge in [-0.05, 0) is 26.0 Å². The molecular weight excluding hydrogens is 276 g/mol. The predicted octanol–water partition coefficient (Wildman–Crippen LogP) is 0.609. The van der Waals surface area contributed by atoms with Gasteiger partial charge in [0.2, 0.25) is 15.9 Å². The van der Waals surface area contributed by atoms with E-state index in [1.807, 2.05) is 0 Å². The van der Waals surface area contributed by atoms with Gasteiger partial charge in [-0.1, -0.05) is 0 Å². The summed E-state index contributed by atoms with van der Waals surface area (Å²) in [5, 5.41) is 7.72. The number of hydrogen-bond donors (Lipinski definition) is 2. The van der Waals surface area contributed by atoms with Crippen molar-refractivity contribution >= 4 is 27.3 Å². The van der Waals surface area contributed by atoms with Crippen LogP contribution >= 0.6 is 11.3 Å². The fraction of sp³-hybridized carbons (Fsp3) is 0.500. The lowest BCUT2D eigenvalue weighted by atomic mass is 10.3. The summed E-state index contributed by atoms with van der Waals surface area (Å²) in [6.07, 6.45) is 0. The van der Waals surface area contributed by atoms with E-state index in [1.54, 1.807) is 19.9 Å². The Morgan fingerprint density at radius 1 is 1.56 bits per heavy atom. The van der Waals surface area contributed by atoms with Gasteiger partial charge in [-0.3, -0.25) is 4.79 Å². The lowest BCUT2D eigenvalue weighted by Crippen LogP contribution is -2.29. The van der Waals surface area contributed by atoms with Crippen molar-refractivity contribution in [2.45, 2.75) is 24.1 Å². The number of carbonyl (C=O) groups excluding carboxylic acids is 1. The Labute approximate surface area is 110 Å². The lowest BCUT2D eigenvalue weighted by molar-refractivity contribution is -0.126. The lowest BCUT2D eigenvalue weighted by Gasteiger charge is -2.11. The first kappa shape index (κ1) is 15.1. The summed E-state index contributed by atoms with van der Waals surface area (Å²) in [5.74, 6) is -0.241. The zero-order valence-corrected chi connectivity index (χ0v) is 11.8. The summed E-state index contributed by atoms with van der Waals surface area (Å²) < 4.78 is 27.3. The number of sulfonamides is 1. The van der Waals surface area contributed by atoms with Crippen LogP contribution in [0.1, 0.15) is 24.8 Å². The molecule has 1 aromatic rings. The molecule has 1 amide bonds. The Morgan fingerprint density at radius 3 is 2.72 bits per heavy atom. The van der Waals surface area contributed by atoms with Gasteiger partial charge in [-0.25, -0.2) is 13.6 Å². The number of carbonyl (C=O) groups is 1. The highest BCUT2D eigenvalue weighted by molar-refractivity contribution is 7.91. The molecule has 1 aromatic heterocycles. The normalized spacial score (nSPS) is 13.3. The van der Waals surface area contributed by atoms with E-state index in [2.05, 4.69) is 5.32 Å². The third-order valence-electron chi connectivity index (χ3n) is 2.12. The van der Waals surface area contributed by atoms with Gasteiger partial charge < -0.3 is 10.1 Å². The molecule has 0 aliphatic rings. The van der Waals surface area contributed by atoms with Crippen molar-refractivity contribution < 1.29 is 17.9 Å². The quantitative estimate of drug-likeness (QED) is 0.802. The summed E-state index contributed by atoms with van der Waals surface area (Å²) in [4.78, 5) is 12.1. The van der Waals surface area contributed by atoms with Crippen molar-refractivity contribution in [1.82, 2.24) is 5.32 Å². The van der Waals surface area contributed by atoms with Crippen molar-refractivity contribution in [3.8, 4) is 0 Å². The maximum atomic E-state index is 11.4. The molecular formula is C10H16N2O4S2. The number of nitrogens with two attached hydrogens (primary N) is 1. The Morgan fingerprint density at radius 2 is 2.22 bits per heavy atom. The maximum absolute atomic E-state index is 11.4. The Hall–Kier alpha value is -0.960. The molecule has 3 N–H and O–H groups in total. The summed E-state index contributed by atoms with van der Waals surface area (Å²) in [6, 6.07) is 2.79. The van der Waals surface area contributed by atoms with Crippen LogP contribution in [0, 0.1) is 0 Å².